The van der Waals surface area contributed by atoms with E-state index in [2.05, 4.69) is 17.2 Å². The van der Waals surface area contributed by atoms with Gasteiger partial charge in [0.15, 0.2) is 5.78 Å². The number of carbonyl (C=O) groups is 1. The molecule has 0 bridgehead atoms. The third kappa shape index (κ3) is 1.94. The van der Waals surface area contributed by atoms with Gasteiger partial charge in [-0.15, -0.1) is 0 Å². The fourth-order valence-electron chi connectivity index (χ4n) is 3.01. The summed E-state index contributed by atoms with van der Waals surface area (Å²) in [6.07, 6.45) is 4.57. The van der Waals surface area contributed by atoms with Crippen LogP contribution < -0.4 is 5.32 Å². The number of rotatable bonds is 3. The maximum Gasteiger partial charge on any atom is 0.185 e. The number of hydrogen-bond donors (Lipinski definition) is 1. The molecule has 1 aliphatic heterocycles. The number of nitrogens with one attached hydrogen (secondary N) is 1. The molecule has 1 atom stereocenters. The van der Waals surface area contributed by atoms with Crippen LogP contribution in [0.25, 0.3) is 10.9 Å². The molecule has 1 saturated heterocycles. The van der Waals surface area contributed by atoms with E-state index < -0.39 is 0 Å². The molecule has 2 heterocycles. The molecule has 1 N–H and O–H groups in total. The summed E-state index contributed by atoms with van der Waals surface area (Å²) in [6, 6.07) is 9.74. The van der Waals surface area contributed by atoms with E-state index in [0.29, 0.717) is 0 Å². The highest BCUT2D eigenvalue weighted by molar-refractivity contribution is 6.11. The third-order valence-corrected chi connectivity index (χ3v) is 4.16. The molecule has 98 valence electrons. The first-order valence-corrected chi connectivity index (χ1v) is 6.90. The van der Waals surface area contributed by atoms with Crippen LogP contribution in [-0.4, -0.2) is 22.9 Å². The fourth-order valence-corrected chi connectivity index (χ4v) is 3.01. The van der Waals surface area contributed by atoms with Gasteiger partial charge in [0.1, 0.15) is 0 Å². The van der Waals surface area contributed by atoms with Crippen molar-refractivity contribution in [1.29, 1.82) is 0 Å². The Morgan fingerprint density at radius 1 is 1.37 bits per heavy atom. The lowest BCUT2D eigenvalue weighted by atomic mass is 9.84. The number of benzene rings is 1. The quantitative estimate of drug-likeness (QED) is 0.856. The number of fused-ring (bicyclic) bond motifs is 1. The largest absolute Gasteiger partial charge is 0.305 e. The Kier molecular flexibility index (Phi) is 3.07. The van der Waals surface area contributed by atoms with Gasteiger partial charge >= 0.3 is 0 Å². The minimum Gasteiger partial charge on any atom is -0.305 e. The van der Waals surface area contributed by atoms with Gasteiger partial charge in [-0.3, -0.25) is 9.78 Å². The van der Waals surface area contributed by atoms with Crippen molar-refractivity contribution in [3.05, 3.63) is 42.1 Å². The van der Waals surface area contributed by atoms with Gasteiger partial charge in [-0.2, -0.15) is 0 Å². The number of nitrogens with zero attached hydrogens (tertiary/aromatic N) is 1. The van der Waals surface area contributed by atoms with Crippen molar-refractivity contribution >= 4 is 16.7 Å². The van der Waals surface area contributed by atoms with E-state index in [9.17, 15) is 4.79 Å². The first kappa shape index (κ1) is 12.3. The normalized spacial score (nSPS) is 22.8. The highest BCUT2D eigenvalue weighted by Gasteiger charge is 2.40. The van der Waals surface area contributed by atoms with Crippen LogP contribution in [0.1, 0.15) is 36.5 Å². The second kappa shape index (κ2) is 4.74. The molecule has 2 aromatic rings. The Hall–Kier alpha value is -1.74. The van der Waals surface area contributed by atoms with Gasteiger partial charge < -0.3 is 5.32 Å². The monoisotopic (exact) mass is 254 g/mol. The molecule has 3 rings (SSSR count). The van der Waals surface area contributed by atoms with Gasteiger partial charge in [-0.1, -0.05) is 25.1 Å². The Bertz CT molecular complexity index is 610. The predicted molar refractivity (Wildman–Crippen MR) is 76.3 cm³/mol. The van der Waals surface area contributed by atoms with E-state index in [1.54, 1.807) is 6.20 Å². The molecular weight excluding hydrogens is 236 g/mol. The summed E-state index contributed by atoms with van der Waals surface area (Å²) < 4.78 is 0. The lowest BCUT2D eigenvalue weighted by Gasteiger charge is -2.26. The molecular formula is C16H18N2O. The number of Topliss-reactive ketones (excluding diaryl/α,β-unsaturated/α-hetero) is 1. The van der Waals surface area contributed by atoms with Crippen LogP contribution in [0.5, 0.6) is 0 Å². The lowest BCUT2D eigenvalue weighted by Crippen LogP contribution is -2.47. The standard InChI is InChI=1S/C16H18N2O/c1-2-16(9-5-11-18-16)15(19)13-8-3-6-12-7-4-10-17-14(12)13/h3-4,6-8,10,18H,2,5,9,11H2,1H3. The average Bonchev–Trinajstić information content (AvgIpc) is 2.96. The molecule has 0 radical (unpaired) electrons. The second-order valence-corrected chi connectivity index (χ2v) is 5.18. The van der Waals surface area contributed by atoms with E-state index in [-0.39, 0.29) is 11.3 Å². The highest BCUT2D eigenvalue weighted by atomic mass is 16.1. The number of para-hydroxylation sites is 1. The summed E-state index contributed by atoms with van der Waals surface area (Å²) in [5.74, 6) is 0.191. The van der Waals surface area contributed by atoms with Crippen molar-refractivity contribution in [1.82, 2.24) is 10.3 Å². The zero-order valence-electron chi connectivity index (χ0n) is 11.1. The summed E-state index contributed by atoms with van der Waals surface area (Å²) in [5, 5.41) is 4.43. The summed E-state index contributed by atoms with van der Waals surface area (Å²) in [4.78, 5) is 17.3. The van der Waals surface area contributed by atoms with E-state index in [0.717, 1.165) is 42.3 Å². The van der Waals surface area contributed by atoms with Crippen LogP contribution >= 0.6 is 0 Å². The van der Waals surface area contributed by atoms with Crippen molar-refractivity contribution in [2.24, 2.45) is 0 Å². The molecule has 0 spiro atoms. The van der Waals surface area contributed by atoms with E-state index in [4.69, 9.17) is 0 Å². The first-order valence-electron chi connectivity index (χ1n) is 6.90. The lowest BCUT2D eigenvalue weighted by molar-refractivity contribution is 0.0865. The predicted octanol–water partition coefficient (Wildman–Crippen LogP) is 2.95. The van der Waals surface area contributed by atoms with Crippen LogP contribution in [0.2, 0.25) is 0 Å². The number of aromatic nitrogens is 1. The van der Waals surface area contributed by atoms with Crippen molar-refractivity contribution < 1.29 is 4.79 Å². The molecule has 1 aromatic heterocycles. The van der Waals surface area contributed by atoms with Gasteiger partial charge in [0.25, 0.3) is 0 Å². The summed E-state index contributed by atoms with van der Waals surface area (Å²) in [6.45, 7) is 3.01. The minimum atomic E-state index is -0.383. The molecule has 3 heteroatoms. The van der Waals surface area contributed by atoms with Crippen molar-refractivity contribution in [3.63, 3.8) is 0 Å². The SMILES string of the molecule is CCC1(C(=O)c2cccc3cccnc23)CCCN1. The molecule has 0 saturated carbocycles. The van der Waals surface area contributed by atoms with Crippen molar-refractivity contribution in [2.75, 3.05) is 6.54 Å². The average molecular weight is 254 g/mol. The zero-order chi connectivity index (χ0) is 13.3. The second-order valence-electron chi connectivity index (χ2n) is 5.18. The van der Waals surface area contributed by atoms with Gasteiger partial charge in [0.2, 0.25) is 0 Å². The third-order valence-electron chi connectivity index (χ3n) is 4.16. The van der Waals surface area contributed by atoms with Gasteiger partial charge in [-0.05, 0) is 37.9 Å². The maximum absolute atomic E-state index is 12.9. The zero-order valence-corrected chi connectivity index (χ0v) is 11.1. The fraction of sp³-hybridized carbons (Fsp3) is 0.375. The highest BCUT2D eigenvalue weighted by Crippen LogP contribution is 2.29. The van der Waals surface area contributed by atoms with Crippen LogP contribution in [0.4, 0.5) is 0 Å². The summed E-state index contributed by atoms with van der Waals surface area (Å²) in [7, 11) is 0. The summed E-state index contributed by atoms with van der Waals surface area (Å²) in [5.41, 5.74) is 1.18. The Labute approximate surface area is 113 Å². The molecule has 1 aliphatic rings. The van der Waals surface area contributed by atoms with E-state index in [1.165, 1.54) is 0 Å². The molecule has 1 fully saturated rings. The Morgan fingerprint density at radius 3 is 2.95 bits per heavy atom. The van der Waals surface area contributed by atoms with E-state index >= 15 is 0 Å². The van der Waals surface area contributed by atoms with Gasteiger partial charge in [0.05, 0.1) is 11.1 Å². The van der Waals surface area contributed by atoms with Crippen LogP contribution in [0, 0.1) is 0 Å². The van der Waals surface area contributed by atoms with E-state index in [1.807, 2.05) is 30.3 Å². The molecule has 1 unspecified atom stereocenters. The van der Waals surface area contributed by atoms with Crippen molar-refractivity contribution in [3.8, 4) is 0 Å². The molecule has 3 nitrogen and oxygen atoms in total. The molecule has 1 aromatic carbocycles. The van der Waals surface area contributed by atoms with Crippen molar-refractivity contribution in [2.45, 2.75) is 31.7 Å². The Balaban J connectivity index is 2.11. The number of pyridine rings is 1. The Morgan fingerprint density at radius 2 is 2.21 bits per heavy atom. The van der Waals surface area contributed by atoms with Crippen LogP contribution in [0.3, 0.4) is 0 Å². The number of hydrogen-bond acceptors (Lipinski definition) is 3. The molecule has 0 amide bonds. The first-order chi connectivity index (χ1) is 9.27. The number of carbonyl (C=O) groups excluding carboxylic acids is 1. The minimum absolute atomic E-state index is 0.191. The molecule has 19 heavy (non-hydrogen) atoms. The summed E-state index contributed by atoms with van der Waals surface area (Å²) >= 11 is 0. The van der Waals surface area contributed by atoms with Gasteiger partial charge in [0, 0.05) is 17.1 Å². The number of ketones is 1. The topological polar surface area (TPSA) is 42.0 Å². The molecule has 0 aliphatic carbocycles. The van der Waals surface area contributed by atoms with Gasteiger partial charge in [-0.25, -0.2) is 0 Å². The van der Waals surface area contributed by atoms with Crippen LogP contribution in [-0.2, 0) is 0 Å². The maximum atomic E-state index is 12.9. The van der Waals surface area contributed by atoms with Crippen LogP contribution in [0.15, 0.2) is 36.5 Å². The smallest absolute Gasteiger partial charge is 0.185 e.